The highest BCUT2D eigenvalue weighted by atomic mass is 16.2. The number of piperazine rings is 1. The SMILES string of the molecule is CN1CCN(C(=O)c2ccc(-c3cn4cc(-c5ccc(CNCCCN)cc5)c(=O)nc4[nH]3)cc2)CC1. The van der Waals surface area contributed by atoms with Gasteiger partial charge in [-0.25, -0.2) is 0 Å². The summed E-state index contributed by atoms with van der Waals surface area (Å²) in [5.74, 6) is 0.535. The fourth-order valence-corrected chi connectivity index (χ4v) is 4.54. The Labute approximate surface area is 215 Å². The zero-order valence-electron chi connectivity index (χ0n) is 21.1. The minimum atomic E-state index is -0.282. The third kappa shape index (κ3) is 5.64. The molecule has 1 aliphatic heterocycles. The fourth-order valence-electron chi connectivity index (χ4n) is 4.54. The van der Waals surface area contributed by atoms with E-state index in [0.29, 0.717) is 23.4 Å². The Morgan fingerprint density at radius 1 is 1.00 bits per heavy atom. The third-order valence-electron chi connectivity index (χ3n) is 6.85. The average molecular weight is 500 g/mol. The maximum atomic E-state index is 12.8. The van der Waals surface area contributed by atoms with Crippen molar-refractivity contribution in [2.75, 3.05) is 46.3 Å². The second-order valence-corrected chi connectivity index (χ2v) is 9.55. The smallest absolute Gasteiger partial charge is 0.282 e. The highest BCUT2D eigenvalue weighted by Crippen LogP contribution is 2.22. The van der Waals surface area contributed by atoms with E-state index in [9.17, 15) is 9.59 Å². The van der Waals surface area contributed by atoms with Crippen LogP contribution in [0.5, 0.6) is 0 Å². The van der Waals surface area contributed by atoms with Crippen LogP contribution in [-0.4, -0.2) is 76.4 Å². The minimum absolute atomic E-state index is 0.0605. The molecule has 0 atom stereocenters. The summed E-state index contributed by atoms with van der Waals surface area (Å²) in [6.07, 6.45) is 4.67. The van der Waals surface area contributed by atoms with E-state index < -0.39 is 0 Å². The maximum Gasteiger partial charge on any atom is 0.282 e. The second kappa shape index (κ2) is 11.1. The number of H-pyrrole nitrogens is 1. The average Bonchev–Trinajstić information content (AvgIpc) is 3.34. The molecule has 0 radical (unpaired) electrons. The molecule has 9 heteroatoms. The van der Waals surface area contributed by atoms with Crippen molar-refractivity contribution in [3.05, 3.63) is 82.4 Å². The van der Waals surface area contributed by atoms with E-state index in [1.54, 1.807) is 0 Å². The summed E-state index contributed by atoms with van der Waals surface area (Å²) >= 11 is 0. The van der Waals surface area contributed by atoms with E-state index in [1.165, 1.54) is 0 Å². The molecule has 0 saturated carbocycles. The van der Waals surface area contributed by atoms with Gasteiger partial charge in [-0.3, -0.25) is 14.0 Å². The maximum absolute atomic E-state index is 12.8. The van der Waals surface area contributed by atoms with Crippen LogP contribution in [0.2, 0.25) is 0 Å². The zero-order valence-corrected chi connectivity index (χ0v) is 21.1. The Morgan fingerprint density at radius 2 is 1.70 bits per heavy atom. The van der Waals surface area contributed by atoms with Crippen LogP contribution < -0.4 is 16.6 Å². The number of carbonyl (C=O) groups excluding carboxylic acids is 1. The molecule has 2 aromatic carbocycles. The first kappa shape index (κ1) is 24.9. The van der Waals surface area contributed by atoms with Crippen molar-refractivity contribution in [2.45, 2.75) is 13.0 Å². The Kier molecular flexibility index (Phi) is 7.45. The van der Waals surface area contributed by atoms with Gasteiger partial charge in [0.05, 0.1) is 11.3 Å². The summed E-state index contributed by atoms with van der Waals surface area (Å²) in [5.41, 5.74) is 10.2. The molecule has 1 fully saturated rings. The largest absolute Gasteiger partial charge is 0.336 e. The van der Waals surface area contributed by atoms with Gasteiger partial charge >= 0.3 is 0 Å². The Balaban J connectivity index is 1.32. The summed E-state index contributed by atoms with van der Waals surface area (Å²) in [5, 5.41) is 3.36. The number of hydrogen-bond donors (Lipinski definition) is 3. The summed E-state index contributed by atoms with van der Waals surface area (Å²) in [4.78, 5) is 37.3. The molecule has 9 nitrogen and oxygen atoms in total. The number of carbonyl (C=O) groups is 1. The van der Waals surface area contributed by atoms with Crippen molar-refractivity contribution in [3.8, 4) is 22.4 Å². The van der Waals surface area contributed by atoms with Gasteiger partial charge < -0.3 is 25.8 Å². The van der Waals surface area contributed by atoms with Crippen LogP contribution in [0.4, 0.5) is 0 Å². The van der Waals surface area contributed by atoms with Crippen LogP contribution in [0.15, 0.2) is 65.7 Å². The number of benzene rings is 2. The highest BCUT2D eigenvalue weighted by Gasteiger charge is 2.20. The Morgan fingerprint density at radius 3 is 2.41 bits per heavy atom. The molecule has 4 aromatic rings. The molecule has 1 amide bonds. The fraction of sp³-hybridized carbons (Fsp3) is 0.321. The summed E-state index contributed by atoms with van der Waals surface area (Å²) in [6.45, 7) is 5.59. The van der Waals surface area contributed by atoms with Crippen molar-refractivity contribution in [2.24, 2.45) is 5.73 Å². The lowest BCUT2D eigenvalue weighted by molar-refractivity contribution is 0.0664. The van der Waals surface area contributed by atoms with Gasteiger partial charge in [-0.15, -0.1) is 0 Å². The summed E-state index contributed by atoms with van der Waals surface area (Å²) < 4.78 is 1.83. The van der Waals surface area contributed by atoms with Crippen molar-refractivity contribution in [1.82, 2.24) is 29.5 Å². The van der Waals surface area contributed by atoms with Crippen LogP contribution in [0.3, 0.4) is 0 Å². The summed E-state index contributed by atoms with van der Waals surface area (Å²) in [6, 6.07) is 15.5. The van der Waals surface area contributed by atoms with E-state index in [0.717, 1.165) is 68.1 Å². The molecule has 1 aliphatic rings. The molecular formula is C28H33N7O2. The molecule has 0 unspecified atom stereocenters. The minimum Gasteiger partial charge on any atom is -0.336 e. The second-order valence-electron chi connectivity index (χ2n) is 9.55. The highest BCUT2D eigenvalue weighted by molar-refractivity contribution is 5.94. The van der Waals surface area contributed by atoms with Crippen molar-refractivity contribution in [3.63, 3.8) is 0 Å². The van der Waals surface area contributed by atoms with Gasteiger partial charge in [0, 0.05) is 50.7 Å². The number of imidazole rings is 1. The van der Waals surface area contributed by atoms with Gasteiger partial charge in [-0.1, -0.05) is 36.4 Å². The molecule has 0 aliphatic carbocycles. The van der Waals surface area contributed by atoms with E-state index in [-0.39, 0.29) is 11.5 Å². The van der Waals surface area contributed by atoms with Gasteiger partial charge in [-0.2, -0.15) is 4.98 Å². The van der Waals surface area contributed by atoms with Gasteiger partial charge in [0.2, 0.25) is 5.78 Å². The molecular weight excluding hydrogens is 466 g/mol. The van der Waals surface area contributed by atoms with Crippen LogP contribution in [-0.2, 0) is 6.54 Å². The van der Waals surface area contributed by atoms with Crippen LogP contribution in [0.25, 0.3) is 28.2 Å². The van der Waals surface area contributed by atoms with Crippen molar-refractivity contribution >= 4 is 11.7 Å². The standard InChI is InChI=1S/C28H33N7O2/c1-33-13-15-34(16-14-33)27(37)23-9-7-22(8-10-23)25-19-35-18-24(26(36)32-28(35)31-25)21-5-3-20(4-6-21)17-30-12-2-11-29/h3-10,18-19,30H,2,11-17,29H2,1H3,(H,31,32,36). The molecule has 37 heavy (non-hydrogen) atoms. The molecule has 1 saturated heterocycles. The molecule has 2 aromatic heterocycles. The van der Waals surface area contributed by atoms with E-state index >= 15 is 0 Å². The zero-order chi connectivity index (χ0) is 25.8. The van der Waals surface area contributed by atoms with E-state index in [1.807, 2.05) is 70.2 Å². The first-order valence-electron chi connectivity index (χ1n) is 12.7. The van der Waals surface area contributed by atoms with E-state index in [4.69, 9.17) is 5.73 Å². The number of aromatic nitrogens is 3. The molecule has 3 heterocycles. The predicted molar refractivity (Wildman–Crippen MR) is 145 cm³/mol. The quantitative estimate of drug-likeness (QED) is 0.321. The van der Waals surface area contributed by atoms with Crippen molar-refractivity contribution < 1.29 is 4.79 Å². The molecule has 0 spiro atoms. The lowest BCUT2D eigenvalue weighted by Crippen LogP contribution is -2.47. The molecule has 0 bridgehead atoms. The molecule has 5 rings (SSSR count). The topological polar surface area (TPSA) is 112 Å². The first-order valence-corrected chi connectivity index (χ1v) is 12.7. The first-order chi connectivity index (χ1) is 18.0. The number of nitrogens with one attached hydrogen (secondary N) is 2. The van der Waals surface area contributed by atoms with Gasteiger partial charge in [0.15, 0.2) is 0 Å². The van der Waals surface area contributed by atoms with Crippen LogP contribution in [0, 0.1) is 0 Å². The number of aromatic amines is 1. The number of nitrogens with zero attached hydrogens (tertiary/aromatic N) is 4. The van der Waals surface area contributed by atoms with Crippen LogP contribution in [0.1, 0.15) is 22.3 Å². The lowest BCUT2D eigenvalue weighted by atomic mass is 10.1. The number of likely N-dealkylation sites (N-methyl/N-ethyl adjacent to an activating group) is 1. The van der Waals surface area contributed by atoms with Gasteiger partial charge in [0.25, 0.3) is 11.5 Å². The number of rotatable bonds is 8. The number of hydrogen-bond acceptors (Lipinski definition) is 6. The number of nitrogens with two attached hydrogens (primary N) is 1. The normalized spacial score (nSPS) is 14.4. The lowest BCUT2D eigenvalue weighted by Gasteiger charge is -2.32. The number of amides is 1. The summed E-state index contributed by atoms with van der Waals surface area (Å²) in [7, 11) is 2.07. The Hall–Kier alpha value is -3.79. The molecule has 4 N–H and O–H groups in total. The Bertz CT molecular complexity index is 1420. The van der Waals surface area contributed by atoms with E-state index in [2.05, 4.69) is 27.2 Å². The monoisotopic (exact) mass is 499 g/mol. The predicted octanol–water partition coefficient (Wildman–Crippen LogP) is 2.18. The number of fused-ring (bicyclic) bond motifs is 1. The van der Waals surface area contributed by atoms with Gasteiger partial charge in [-0.05, 0) is 55.4 Å². The van der Waals surface area contributed by atoms with Crippen LogP contribution >= 0.6 is 0 Å². The molecule has 192 valence electrons. The van der Waals surface area contributed by atoms with Crippen molar-refractivity contribution in [1.29, 1.82) is 0 Å². The van der Waals surface area contributed by atoms with Gasteiger partial charge in [0.1, 0.15) is 0 Å². The third-order valence-corrected chi connectivity index (χ3v) is 6.85.